The van der Waals surface area contributed by atoms with Gasteiger partial charge in [0.15, 0.2) is 12.3 Å². The summed E-state index contributed by atoms with van der Waals surface area (Å²) in [6.07, 6.45) is 3.22. The van der Waals surface area contributed by atoms with Gasteiger partial charge in [0, 0.05) is 6.42 Å². The molecule has 0 aliphatic carbocycles. The Bertz CT molecular complexity index is 1000. The number of phosphoric acid groups is 1. The number of hydrogen-bond acceptors (Lipinski definition) is 8. The van der Waals surface area contributed by atoms with Crippen LogP contribution in [-0.4, -0.2) is 59.7 Å². The number of carboxylic acids is 1. The van der Waals surface area contributed by atoms with E-state index in [0.29, 0.717) is 25.0 Å². The summed E-state index contributed by atoms with van der Waals surface area (Å²) in [6, 6.07) is 7.30. The molecule has 2 aliphatic heterocycles. The molecule has 0 spiro atoms. The van der Waals surface area contributed by atoms with E-state index in [1.165, 1.54) is 0 Å². The Morgan fingerprint density at radius 2 is 1.75 bits per heavy atom. The lowest BCUT2D eigenvalue weighted by Crippen LogP contribution is -2.72. The van der Waals surface area contributed by atoms with E-state index in [9.17, 15) is 24.1 Å². The van der Waals surface area contributed by atoms with E-state index in [-0.39, 0.29) is 32.0 Å². The number of nitrogens with zero attached hydrogens (tertiary/aromatic N) is 1. The highest BCUT2D eigenvalue weighted by Crippen LogP contribution is 2.54. The Morgan fingerprint density at radius 1 is 1.11 bits per heavy atom. The molecule has 1 aromatic carbocycles. The van der Waals surface area contributed by atoms with E-state index < -0.39 is 43.4 Å². The van der Waals surface area contributed by atoms with Crippen LogP contribution in [0.1, 0.15) is 52.4 Å². The van der Waals surface area contributed by atoms with Crippen molar-refractivity contribution < 1.29 is 42.4 Å². The molecule has 2 amide bonds. The number of phosphoric ester groups is 1. The van der Waals surface area contributed by atoms with E-state index >= 15 is 0 Å². The van der Waals surface area contributed by atoms with Crippen molar-refractivity contribution in [2.45, 2.75) is 64.5 Å². The first-order chi connectivity index (χ1) is 17.3. The van der Waals surface area contributed by atoms with Gasteiger partial charge in [-0.2, -0.15) is 0 Å². The van der Waals surface area contributed by atoms with E-state index in [2.05, 4.69) is 5.32 Å². The second-order valence-electron chi connectivity index (χ2n) is 8.45. The molecule has 1 saturated heterocycles. The van der Waals surface area contributed by atoms with Crippen LogP contribution in [0.4, 0.5) is 0 Å². The Morgan fingerprint density at radius 3 is 2.33 bits per heavy atom. The molecule has 12 heteroatoms. The lowest BCUT2D eigenvalue weighted by molar-refractivity contribution is -0.156. The van der Waals surface area contributed by atoms with Gasteiger partial charge in [-0.3, -0.25) is 23.5 Å². The molecule has 2 heterocycles. The van der Waals surface area contributed by atoms with Crippen molar-refractivity contribution in [1.82, 2.24) is 10.2 Å². The summed E-state index contributed by atoms with van der Waals surface area (Å²) in [7, 11) is -4.09. The van der Waals surface area contributed by atoms with E-state index in [0.717, 1.165) is 17.7 Å². The number of carbonyl (C=O) groups excluding carboxylic acids is 2. The molecule has 0 radical (unpaired) electrons. The number of nitrogens with one attached hydrogen (secondary N) is 1. The SMILES string of the molecule is CCCCOP(=O)(OCCCC)OC1=C(C(=O)O)N2C(=O)[C@@H](NC(=O)COc3ccccc3)[C@H]2CC1. The number of ether oxygens (including phenoxy) is 1. The van der Waals surface area contributed by atoms with Crippen molar-refractivity contribution >= 4 is 25.6 Å². The Balaban J connectivity index is 1.68. The second-order valence-corrected chi connectivity index (χ2v) is 10.0. The number of benzene rings is 1. The van der Waals surface area contributed by atoms with Crippen molar-refractivity contribution in [2.24, 2.45) is 0 Å². The minimum Gasteiger partial charge on any atom is -0.484 e. The zero-order valence-corrected chi connectivity index (χ0v) is 21.4. The van der Waals surface area contributed by atoms with E-state index in [1.807, 2.05) is 19.9 Å². The molecule has 1 fully saturated rings. The summed E-state index contributed by atoms with van der Waals surface area (Å²) in [5.74, 6) is -2.14. The van der Waals surface area contributed by atoms with Crippen molar-refractivity contribution in [3.63, 3.8) is 0 Å². The average molecular weight is 525 g/mol. The van der Waals surface area contributed by atoms with Crippen LogP contribution in [0.15, 0.2) is 41.8 Å². The van der Waals surface area contributed by atoms with Gasteiger partial charge in [0.25, 0.3) is 11.8 Å². The number of allylic oxidation sites excluding steroid dienone is 1. The fraction of sp³-hybridized carbons (Fsp3) is 0.542. The van der Waals surface area contributed by atoms with Gasteiger partial charge in [0.1, 0.15) is 17.6 Å². The van der Waals surface area contributed by atoms with Crippen LogP contribution in [0, 0.1) is 0 Å². The number of amides is 2. The zero-order valence-electron chi connectivity index (χ0n) is 20.5. The molecule has 198 valence electrons. The number of rotatable bonds is 15. The molecule has 0 saturated carbocycles. The van der Waals surface area contributed by atoms with Crippen molar-refractivity contribution in [3.8, 4) is 5.75 Å². The van der Waals surface area contributed by atoms with Gasteiger partial charge in [-0.15, -0.1) is 0 Å². The Labute approximate surface area is 210 Å². The van der Waals surface area contributed by atoms with E-state index in [4.69, 9.17) is 18.3 Å². The monoisotopic (exact) mass is 524 g/mol. The number of unbranched alkanes of at least 4 members (excludes halogenated alkanes) is 2. The standard InChI is InChI=1S/C24H33N2O9P/c1-3-5-14-33-36(31,34-15-6-4-2)35-19-13-12-18-21(23(28)26(18)22(19)24(29)30)25-20(27)16-32-17-10-8-7-9-11-17/h7-11,18,21H,3-6,12-16H2,1-2H3,(H,25,27)(H,29,30)/t18-,21+/m1/s1. The third kappa shape index (κ3) is 6.87. The summed E-state index contributed by atoms with van der Waals surface area (Å²) in [6.45, 7) is 3.85. The molecule has 11 nitrogen and oxygen atoms in total. The van der Waals surface area contributed by atoms with Crippen molar-refractivity contribution in [1.29, 1.82) is 0 Å². The van der Waals surface area contributed by atoms with Gasteiger partial charge < -0.3 is 19.7 Å². The molecule has 3 rings (SSSR count). The van der Waals surface area contributed by atoms with Crippen LogP contribution in [-0.2, 0) is 32.5 Å². The average Bonchev–Trinajstić information content (AvgIpc) is 2.86. The predicted molar refractivity (Wildman–Crippen MR) is 129 cm³/mol. The topological polar surface area (TPSA) is 141 Å². The number of fused-ring (bicyclic) bond motifs is 1. The number of carbonyl (C=O) groups is 3. The zero-order chi connectivity index (χ0) is 26.1. The van der Waals surface area contributed by atoms with Crippen LogP contribution >= 0.6 is 7.82 Å². The van der Waals surface area contributed by atoms with Crippen LogP contribution < -0.4 is 10.1 Å². The smallest absolute Gasteiger partial charge is 0.484 e. The lowest BCUT2D eigenvalue weighted by Gasteiger charge is -2.49. The highest BCUT2D eigenvalue weighted by Gasteiger charge is 2.54. The first-order valence-electron chi connectivity index (χ1n) is 12.1. The quantitative estimate of drug-likeness (QED) is 0.200. The van der Waals surface area contributed by atoms with Crippen LogP contribution in [0.2, 0.25) is 0 Å². The van der Waals surface area contributed by atoms with Gasteiger partial charge >= 0.3 is 13.8 Å². The molecule has 0 bridgehead atoms. The maximum Gasteiger partial charge on any atom is 0.529 e. The molecule has 0 unspecified atom stereocenters. The molecule has 36 heavy (non-hydrogen) atoms. The van der Waals surface area contributed by atoms with Crippen LogP contribution in [0.3, 0.4) is 0 Å². The number of carboxylic acid groups (broad SMARTS) is 1. The van der Waals surface area contributed by atoms with Crippen molar-refractivity contribution in [3.05, 3.63) is 41.8 Å². The highest BCUT2D eigenvalue weighted by molar-refractivity contribution is 7.48. The summed E-state index contributed by atoms with van der Waals surface area (Å²) in [5.41, 5.74) is -0.416. The lowest BCUT2D eigenvalue weighted by atomic mass is 9.86. The summed E-state index contributed by atoms with van der Waals surface area (Å²) >= 11 is 0. The summed E-state index contributed by atoms with van der Waals surface area (Å²) in [4.78, 5) is 38.3. The molecule has 2 atom stereocenters. The first kappa shape index (κ1) is 27.7. The third-order valence-electron chi connectivity index (χ3n) is 5.74. The normalized spacial score (nSPS) is 19.4. The minimum atomic E-state index is -4.09. The van der Waals surface area contributed by atoms with Crippen LogP contribution in [0.5, 0.6) is 5.75 Å². The summed E-state index contributed by atoms with van der Waals surface area (Å²) in [5, 5.41) is 12.5. The molecule has 2 N–H and O–H groups in total. The molecular formula is C24H33N2O9P. The maximum absolute atomic E-state index is 13.2. The van der Waals surface area contributed by atoms with Gasteiger partial charge in [0.2, 0.25) is 0 Å². The second kappa shape index (κ2) is 12.9. The van der Waals surface area contributed by atoms with Gasteiger partial charge in [-0.05, 0) is 31.4 Å². The maximum atomic E-state index is 13.2. The number of aliphatic carboxylic acids is 1. The number of para-hydroxylation sites is 1. The van der Waals surface area contributed by atoms with E-state index in [1.54, 1.807) is 24.3 Å². The minimum absolute atomic E-state index is 0.0846. The summed E-state index contributed by atoms with van der Waals surface area (Å²) < 4.78 is 35.0. The first-order valence-corrected chi connectivity index (χ1v) is 13.6. The van der Waals surface area contributed by atoms with Gasteiger partial charge in [0.05, 0.1) is 19.3 Å². The third-order valence-corrected chi connectivity index (χ3v) is 7.18. The van der Waals surface area contributed by atoms with Gasteiger partial charge in [-0.1, -0.05) is 44.9 Å². The van der Waals surface area contributed by atoms with Crippen LogP contribution in [0.25, 0.3) is 0 Å². The number of β-lactam (4-membered cyclic amide) rings is 1. The molecule has 0 aromatic heterocycles. The predicted octanol–water partition coefficient (Wildman–Crippen LogP) is 3.61. The molecule has 2 aliphatic rings. The van der Waals surface area contributed by atoms with Crippen molar-refractivity contribution in [2.75, 3.05) is 19.8 Å². The Kier molecular flexibility index (Phi) is 9.92. The Hall–Kier alpha value is -2.88. The molecular weight excluding hydrogens is 491 g/mol. The molecule has 1 aromatic rings. The largest absolute Gasteiger partial charge is 0.529 e. The number of hydrogen-bond donors (Lipinski definition) is 2. The fourth-order valence-electron chi connectivity index (χ4n) is 3.86. The fourth-order valence-corrected chi connectivity index (χ4v) is 5.20. The highest BCUT2D eigenvalue weighted by atomic mass is 31.2. The van der Waals surface area contributed by atoms with Gasteiger partial charge in [-0.25, -0.2) is 9.36 Å².